The lowest BCUT2D eigenvalue weighted by Gasteiger charge is -2.13. The van der Waals surface area contributed by atoms with E-state index in [0.29, 0.717) is 16.8 Å². The Morgan fingerprint density at radius 2 is 1.89 bits per heavy atom. The molecule has 1 atom stereocenters. The molecule has 5 aromatic rings. The summed E-state index contributed by atoms with van der Waals surface area (Å²) in [6.45, 7) is 3.50. The van der Waals surface area contributed by atoms with Crippen molar-refractivity contribution in [2.24, 2.45) is 5.73 Å². The van der Waals surface area contributed by atoms with Crippen molar-refractivity contribution in [3.8, 4) is 5.88 Å². The van der Waals surface area contributed by atoms with E-state index in [1.54, 1.807) is 24.3 Å². The number of halogens is 2. The van der Waals surface area contributed by atoms with Crippen LogP contribution < -0.4 is 15.8 Å². The number of amides is 1. The maximum atomic E-state index is 14.1. The Hall–Kier alpha value is -3.82. The summed E-state index contributed by atoms with van der Waals surface area (Å²) in [5.41, 5.74) is 9.45. The summed E-state index contributed by atoms with van der Waals surface area (Å²) in [4.78, 5) is 13.2. The molecule has 1 unspecified atom stereocenters. The Balaban J connectivity index is 1.38. The second kappa shape index (κ2) is 9.67. The van der Waals surface area contributed by atoms with Crippen LogP contribution in [0.1, 0.15) is 38.8 Å². The Morgan fingerprint density at radius 1 is 1.14 bits per heavy atom. The number of aryl methyl sites for hydroxylation is 2. The zero-order valence-electron chi connectivity index (χ0n) is 19.7. The molecule has 0 aliphatic heterocycles. The first kappa shape index (κ1) is 23.9. The zero-order valence-corrected chi connectivity index (χ0v) is 20.5. The Morgan fingerprint density at radius 3 is 2.67 bits per heavy atom. The quantitative estimate of drug-likeness (QED) is 0.307. The van der Waals surface area contributed by atoms with Crippen LogP contribution in [0.15, 0.2) is 60.0 Å². The van der Waals surface area contributed by atoms with Crippen LogP contribution in [-0.2, 0) is 6.61 Å². The number of thiophene rings is 1. The van der Waals surface area contributed by atoms with Crippen molar-refractivity contribution >= 4 is 32.8 Å². The molecule has 184 valence electrons. The molecular weight excluding hydrogens is 482 g/mol. The van der Waals surface area contributed by atoms with Gasteiger partial charge in [0, 0.05) is 23.4 Å². The van der Waals surface area contributed by atoms with E-state index in [0.717, 1.165) is 21.2 Å². The molecular formula is C27H24F2N4O2S. The minimum Gasteiger partial charge on any atom is -0.473 e. The highest BCUT2D eigenvalue weighted by Crippen LogP contribution is 2.29. The van der Waals surface area contributed by atoms with Crippen LogP contribution in [-0.4, -0.2) is 22.1 Å². The van der Waals surface area contributed by atoms with Gasteiger partial charge >= 0.3 is 0 Å². The molecule has 0 fully saturated rings. The topological polar surface area (TPSA) is 81.7 Å². The van der Waals surface area contributed by atoms with E-state index in [1.807, 2.05) is 42.6 Å². The number of ether oxygens (including phenoxy) is 1. The first-order valence-corrected chi connectivity index (χ1v) is 12.3. The molecule has 5 rings (SSSR count). The van der Waals surface area contributed by atoms with Gasteiger partial charge in [0.25, 0.3) is 5.91 Å². The molecule has 36 heavy (non-hydrogen) atoms. The van der Waals surface area contributed by atoms with Crippen molar-refractivity contribution in [1.82, 2.24) is 14.9 Å². The number of nitrogens with two attached hydrogens (primary N) is 1. The highest BCUT2D eigenvalue weighted by molar-refractivity contribution is 7.17. The molecule has 0 spiro atoms. The van der Waals surface area contributed by atoms with Gasteiger partial charge in [0.2, 0.25) is 5.88 Å². The van der Waals surface area contributed by atoms with E-state index < -0.39 is 11.6 Å². The fourth-order valence-electron chi connectivity index (χ4n) is 4.25. The third kappa shape index (κ3) is 4.43. The van der Waals surface area contributed by atoms with Crippen LogP contribution in [0.5, 0.6) is 5.88 Å². The van der Waals surface area contributed by atoms with Gasteiger partial charge < -0.3 is 15.8 Å². The average Bonchev–Trinajstić information content (AvgIpc) is 3.42. The highest BCUT2D eigenvalue weighted by Gasteiger charge is 2.21. The normalized spacial score (nSPS) is 12.2. The second-order valence-electron chi connectivity index (χ2n) is 8.62. The molecule has 3 heterocycles. The number of hydrogen-bond donors (Lipinski definition) is 2. The van der Waals surface area contributed by atoms with E-state index in [9.17, 15) is 13.6 Å². The third-order valence-electron chi connectivity index (χ3n) is 6.07. The van der Waals surface area contributed by atoms with E-state index in [1.165, 1.54) is 22.7 Å². The number of pyridine rings is 1. The third-order valence-corrected chi connectivity index (χ3v) is 7.05. The molecule has 3 aromatic heterocycles. The number of nitrogens with one attached hydrogen (secondary N) is 1. The zero-order chi connectivity index (χ0) is 25.4. The number of aromatic nitrogens is 2. The lowest BCUT2D eigenvalue weighted by molar-refractivity contribution is 0.0952. The molecule has 6 nitrogen and oxygen atoms in total. The summed E-state index contributed by atoms with van der Waals surface area (Å²) < 4.78 is 36.5. The van der Waals surface area contributed by atoms with Crippen molar-refractivity contribution in [3.63, 3.8) is 0 Å². The van der Waals surface area contributed by atoms with Crippen LogP contribution in [0.2, 0.25) is 0 Å². The lowest BCUT2D eigenvalue weighted by Crippen LogP contribution is -2.32. The van der Waals surface area contributed by atoms with Crippen LogP contribution in [0.4, 0.5) is 8.78 Å². The van der Waals surface area contributed by atoms with Gasteiger partial charge in [-0.15, -0.1) is 11.3 Å². The van der Waals surface area contributed by atoms with Crippen LogP contribution in [0.3, 0.4) is 0 Å². The minimum absolute atomic E-state index is 0.177. The van der Waals surface area contributed by atoms with Crippen molar-refractivity contribution in [2.45, 2.75) is 26.5 Å². The van der Waals surface area contributed by atoms with Crippen molar-refractivity contribution in [2.75, 3.05) is 6.54 Å². The number of carbonyl (C=O) groups is 1. The summed E-state index contributed by atoms with van der Waals surface area (Å²) in [6, 6.07) is 14.8. The molecule has 1 amide bonds. The molecule has 0 radical (unpaired) electrons. The van der Waals surface area contributed by atoms with Gasteiger partial charge in [0.05, 0.1) is 22.3 Å². The summed E-state index contributed by atoms with van der Waals surface area (Å²) in [6.07, 6.45) is 0. The predicted octanol–water partition coefficient (Wildman–Crippen LogP) is 5.45. The first-order valence-electron chi connectivity index (χ1n) is 11.4. The molecule has 0 saturated heterocycles. The Kier molecular flexibility index (Phi) is 6.42. The van der Waals surface area contributed by atoms with Crippen molar-refractivity contribution in [3.05, 3.63) is 99.6 Å². The van der Waals surface area contributed by atoms with Gasteiger partial charge in [-0.3, -0.25) is 4.79 Å². The van der Waals surface area contributed by atoms with Crippen molar-refractivity contribution < 1.29 is 18.3 Å². The number of rotatable bonds is 7. The standard InChI is InChI=1S/C27H24F2N4O2S/c1-15-10-23-26(27(34)31-12-22(30)19-14-36-24-9-4-3-6-17(19)24)16(2)32-33(23)25(11-15)35-13-18-20(28)7-5-8-21(18)29/h3-11,14,22H,12-13,30H2,1-2H3,(H,31,34). The van der Waals surface area contributed by atoms with E-state index in [2.05, 4.69) is 10.4 Å². The largest absolute Gasteiger partial charge is 0.473 e. The summed E-state index contributed by atoms with van der Waals surface area (Å²) >= 11 is 1.62. The number of hydrogen-bond acceptors (Lipinski definition) is 5. The molecule has 0 aliphatic carbocycles. The Bertz CT molecular complexity index is 1570. The molecule has 0 aliphatic rings. The number of nitrogens with zero attached hydrogens (tertiary/aromatic N) is 2. The first-order chi connectivity index (χ1) is 17.3. The van der Waals surface area contributed by atoms with Gasteiger partial charge in [-0.25, -0.2) is 8.78 Å². The predicted molar refractivity (Wildman–Crippen MR) is 136 cm³/mol. The number of carbonyl (C=O) groups excluding carboxylic acids is 1. The van der Waals surface area contributed by atoms with Crippen LogP contribution >= 0.6 is 11.3 Å². The molecule has 9 heteroatoms. The fraction of sp³-hybridized carbons (Fsp3) is 0.185. The summed E-state index contributed by atoms with van der Waals surface area (Å²) in [5.74, 6) is -1.42. The molecule has 0 bridgehead atoms. The van der Waals surface area contributed by atoms with Crippen LogP contribution in [0.25, 0.3) is 15.6 Å². The summed E-state index contributed by atoms with van der Waals surface area (Å²) in [7, 11) is 0. The van der Waals surface area contributed by atoms with Gasteiger partial charge in [0.15, 0.2) is 0 Å². The monoisotopic (exact) mass is 506 g/mol. The molecule has 3 N–H and O–H groups in total. The minimum atomic E-state index is -0.689. The van der Waals surface area contributed by atoms with Gasteiger partial charge in [-0.1, -0.05) is 24.3 Å². The van der Waals surface area contributed by atoms with Crippen LogP contribution in [0, 0.1) is 25.5 Å². The number of benzene rings is 2. The van der Waals surface area contributed by atoms with E-state index >= 15 is 0 Å². The van der Waals surface area contributed by atoms with Gasteiger partial charge in [0.1, 0.15) is 18.2 Å². The lowest BCUT2D eigenvalue weighted by atomic mass is 10.1. The smallest absolute Gasteiger partial charge is 0.255 e. The fourth-order valence-corrected chi connectivity index (χ4v) is 5.27. The maximum absolute atomic E-state index is 14.1. The number of fused-ring (bicyclic) bond motifs is 2. The molecule has 0 saturated carbocycles. The van der Waals surface area contributed by atoms with E-state index in [4.69, 9.17) is 10.5 Å². The highest BCUT2D eigenvalue weighted by atomic mass is 32.1. The Labute approximate surface area is 210 Å². The van der Waals surface area contributed by atoms with Gasteiger partial charge in [-0.2, -0.15) is 9.61 Å². The second-order valence-corrected chi connectivity index (χ2v) is 9.53. The summed E-state index contributed by atoms with van der Waals surface area (Å²) in [5, 5.41) is 10.5. The average molecular weight is 507 g/mol. The molecule has 2 aromatic carbocycles. The SMILES string of the molecule is Cc1cc(OCc2c(F)cccc2F)n2nc(C)c(C(=O)NCC(N)c3csc4ccccc34)c2c1. The van der Waals surface area contributed by atoms with Crippen molar-refractivity contribution in [1.29, 1.82) is 0 Å². The van der Waals surface area contributed by atoms with E-state index in [-0.39, 0.29) is 36.5 Å². The maximum Gasteiger partial charge on any atom is 0.255 e. The van der Waals surface area contributed by atoms with Gasteiger partial charge in [-0.05, 0) is 60.0 Å².